The maximum Gasteiger partial charge on any atom is 0.141 e. The standard InChI is InChI=1S/C20H27N5S2/c1-14(2)9-16-11-27-20-18(16)19(22-15(3)23-20)25-6-4-5-24(7-8-25)10-17-12-26-13-21-17/h11-14H,4-10H2,1-3H3. The first-order valence-electron chi connectivity index (χ1n) is 9.69. The lowest BCUT2D eigenvalue weighted by molar-refractivity contribution is 0.282. The second kappa shape index (κ2) is 8.20. The van der Waals surface area contributed by atoms with Gasteiger partial charge in [-0.15, -0.1) is 22.7 Å². The van der Waals surface area contributed by atoms with Gasteiger partial charge < -0.3 is 4.90 Å². The van der Waals surface area contributed by atoms with Crippen molar-refractivity contribution >= 4 is 38.7 Å². The molecule has 3 aromatic heterocycles. The highest BCUT2D eigenvalue weighted by molar-refractivity contribution is 7.17. The SMILES string of the molecule is Cc1nc(N2CCCN(Cc3cscn3)CC2)c2c(CC(C)C)csc2n1. The third-order valence-electron chi connectivity index (χ3n) is 4.99. The van der Waals surface area contributed by atoms with Gasteiger partial charge in [0.15, 0.2) is 0 Å². The molecular weight excluding hydrogens is 374 g/mol. The molecule has 0 saturated carbocycles. The number of fused-ring (bicyclic) bond motifs is 1. The molecule has 0 spiro atoms. The topological polar surface area (TPSA) is 45.2 Å². The van der Waals surface area contributed by atoms with Crippen LogP contribution in [0.15, 0.2) is 16.3 Å². The molecule has 0 amide bonds. The molecule has 0 N–H and O–H groups in total. The van der Waals surface area contributed by atoms with Crippen LogP contribution in [0.1, 0.15) is 37.4 Å². The van der Waals surface area contributed by atoms with E-state index in [0.29, 0.717) is 5.92 Å². The minimum absolute atomic E-state index is 0.634. The Balaban J connectivity index is 1.58. The Labute approximate surface area is 169 Å². The zero-order valence-electron chi connectivity index (χ0n) is 16.3. The number of nitrogens with zero attached hydrogens (tertiary/aromatic N) is 5. The first-order chi connectivity index (χ1) is 13.1. The van der Waals surface area contributed by atoms with Crippen molar-refractivity contribution in [3.63, 3.8) is 0 Å². The summed E-state index contributed by atoms with van der Waals surface area (Å²) in [5, 5.41) is 5.73. The first kappa shape index (κ1) is 18.8. The Hall–Kier alpha value is -1.57. The molecule has 0 unspecified atom stereocenters. The second-order valence-corrected chi connectivity index (χ2v) is 9.31. The number of rotatable bonds is 5. The van der Waals surface area contributed by atoms with Crippen molar-refractivity contribution in [2.24, 2.45) is 5.92 Å². The third-order valence-corrected chi connectivity index (χ3v) is 6.54. The molecule has 5 nitrogen and oxygen atoms in total. The fourth-order valence-corrected chi connectivity index (χ4v) is 5.33. The molecule has 0 atom stereocenters. The van der Waals surface area contributed by atoms with E-state index in [4.69, 9.17) is 9.97 Å². The van der Waals surface area contributed by atoms with Crippen molar-refractivity contribution in [3.05, 3.63) is 33.4 Å². The van der Waals surface area contributed by atoms with E-state index in [9.17, 15) is 0 Å². The van der Waals surface area contributed by atoms with Gasteiger partial charge in [0.1, 0.15) is 16.5 Å². The number of aryl methyl sites for hydroxylation is 1. The van der Waals surface area contributed by atoms with Gasteiger partial charge in [0.05, 0.1) is 16.6 Å². The predicted octanol–water partition coefficient (Wildman–Crippen LogP) is 4.37. The number of thiazole rings is 1. The third kappa shape index (κ3) is 4.31. The molecule has 4 heterocycles. The molecule has 1 fully saturated rings. The van der Waals surface area contributed by atoms with Gasteiger partial charge in [-0.25, -0.2) is 15.0 Å². The van der Waals surface area contributed by atoms with Crippen molar-refractivity contribution in [2.45, 2.75) is 40.2 Å². The molecule has 4 rings (SSSR count). The summed E-state index contributed by atoms with van der Waals surface area (Å²) in [5.74, 6) is 2.65. The molecule has 1 aliphatic rings. The van der Waals surface area contributed by atoms with Crippen molar-refractivity contribution in [2.75, 3.05) is 31.1 Å². The number of thiophene rings is 1. The molecule has 27 heavy (non-hydrogen) atoms. The normalized spacial score (nSPS) is 16.4. The molecule has 0 aromatic carbocycles. The van der Waals surface area contributed by atoms with Gasteiger partial charge in [-0.05, 0) is 36.6 Å². The van der Waals surface area contributed by atoms with E-state index < -0.39 is 0 Å². The van der Waals surface area contributed by atoms with Crippen LogP contribution in [-0.4, -0.2) is 46.0 Å². The molecule has 3 aromatic rings. The van der Waals surface area contributed by atoms with Gasteiger partial charge in [0.2, 0.25) is 0 Å². The zero-order valence-corrected chi connectivity index (χ0v) is 17.9. The van der Waals surface area contributed by atoms with Crippen LogP contribution >= 0.6 is 22.7 Å². The van der Waals surface area contributed by atoms with E-state index in [2.05, 4.69) is 39.4 Å². The second-order valence-electron chi connectivity index (χ2n) is 7.73. The van der Waals surface area contributed by atoms with Gasteiger partial charge in [-0.1, -0.05) is 13.8 Å². The Morgan fingerprint density at radius 2 is 2.00 bits per heavy atom. The molecule has 1 saturated heterocycles. The molecule has 7 heteroatoms. The molecule has 1 aliphatic heterocycles. The Kier molecular flexibility index (Phi) is 5.71. The zero-order chi connectivity index (χ0) is 18.8. The van der Waals surface area contributed by atoms with Crippen LogP contribution in [0.2, 0.25) is 0 Å². The lowest BCUT2D eigenvalue weighted by atomic mass is 10.0. The van der Waals surface area contributed by atoms with Crippen LogP contribution in [0.3, 0.4) is 0 Å². The number of aromatic nitrogens is 3. The number of hydrogen-bond donors (Lipinski definition) is 0. The van der Waals surface area contributed by atoms with Crippen LogP contribution in [0.25, 0.3) is 10.2 Å². The number of hydrogen-bond acceptors (Lipinski definition) is 7. The maximum atomic E-state index is 4.90. The first-order valence-corrected chi connectivity index (χ1v) is 11.5. The average Bonchev–Trinajstić information content (AvgIpc) is 3.20. The summed E-state index contributed by atoms with van der Waals surface area (Å²) in [7, 11) is 0. The van der Waals surface area contributed by atoms with Crippen LogP contribution in [-0.2, 0) is 13.0 Å². The monoisotopic (exact) mass is 401 g/mol. The summed E-state index contributed by atoms with van der Waals surface area (Å²) >= 11 is 3.44. The lowest BCUT2D eigenvalue weighted by Crippen LogP contribution is -2.31. The summed E-state index contributed by atoms with van der Waals surface area (Å²) in [6, 6.07) is 0. The highest BCUT2D eigenvalue weighted by Gasteiger charge is 2.22. The van der Waals surface area contributed by atoms with E-state index in [1.165, 1.54) is 16.6 Å². The summed E-state index contributed by atoms with van der Waals surface area (Å²) in [6.07, 6.45) is 2.24. The lowest BCUT2D eigenvalue weighted by Gasteiger charge is -2.24. The molecule has 0 radical (unpaired) electrons. The van der Waals surface area contributed by atoms with Gasteiger partial charge >= 0.3 is 0 Å². The minimum atomic E-state index is 0.634. The van der Waals surface area contributed by atoms with Crippen molar-refractivity contribution in [1.29, 1.82) is 0 Å². The fraction of sp³-hybridized carbons (Fsp3) is 0.550. The van der Waals surface area contributed by atoms with E-state index in [1.54, 1.807) is 22.7 Å². The molecular formula is C20H27N5S2. The highest BCUT2D eigenvalue weighted by Crippen LogP contribution is 2.34. The number of anilines is 1. The van der Waals surface area contributed by atoms with E-state index in [1.807, 2.05) is 12.4 Å². The largest absolute Gasteiger partial charge is 0.355 e. The van der Waals surface area contributed by atoms with Crippen molar-refractivity contribution < 1.29 is 0 Å². The fourth-order valence-electron chi connectivity index (χ4n) is 3.79. The van der Waals surface area contributed by atoms with Crippen LogP contribution in [0, 0.1) is 12.8 Å². The summed E-state index contributed by atoms with van der Waals surface area (Å²) in [6.45, 7) is 11.7. The predicted molar refractivity (Wildman–Crippen MR) is 115 cm³/mol. The summed E-state index contributed by atoms with van der Waals surface area (Å²) in [4.78, 5) is 20.2. The van der Waals surface area contributed by atoms with Gasteiger partial charge in [0, 0.05) is 38.1 Å². The van der Waals surface area contributed by atoms with E-state index in [0.717, 1.165) is 62.0 Å². The van der Waals surface area contributed by atoms with Crippen LogP contribution < -0.4 is 4.90 Å². The summed E-state index contributed by atoms with van der Waals surface area (Å²) < 4.78 is 0. The Bertz CT molecular complexity index is 887. The highest BCUT2D eigenvalue weighted by atomic mass is 32.1. The molecule has 144 valence electrons. The average molecular weight is 402 g/mol. The van der Waals surface area contributed by atoms with Crippen molar-refractivity contribution in [1.82, 2.24) is 19.9 Å². The smallest absolute Gasteiger partial charge is 0.141 e. The minimum Gasteiger partial charge on any atom is -0.355 e. The van der Waals surface area contributed by atoms with Gasteiger partial charge in [0.25, 0.3) is 0 Å². The van der Waals surface area contributed by atoms with E-state index in [-0.39, 0.29) is 0 Å². The van der Waals surface area contributed by atoms with Gasteiger partial charge in [-0.2, -0.15) is 0 Å². The van der Waals surface area contributed by atoms with Crippen molar-refractivity contribution in [3.8, 4) is 0 Å². The van der Waals surface area contributed by atoms with Crippen LogP contribution in [0.4, 0.5) is 5.82 Å². The maximum absolute atomic E-state index is 4.90. The Morgan fingerprint density at radius 1 is 1.11 bits per heavy atom. The molecule has 0 aliphatic carbocycles. The quantitative estimate of drug-likeness (QED) is 0.635. The Morgan fingerprint density at radius 3 is 2.78 bits per heavy atom. The summed E-state index contributed by atoms with van der Waals surface area (Å²) in [5.41, 5.74) is 4.52. The van der Waals surface area contributed by atoms with E-state index >= 15 is 0 Å². The molecule has 0 bridgehead atoms. The van der Waals surface area contributed by atoms with Gasteiger partial charge in [-0.3, -0.25) is 4.90 Å². The van der Waals surface area contributed by atoms with Crippen LogP contribution in [0.5, 0.6) is 0 Å².